The van der Waals surface area contributed by atoms with E-state index in [-0.39, 0.29) is 11.6 Å². The summed E-state index contributed by atoms with van der Waals surface area (Å²) in [6, 6.07) is 11.6. The number of methoxy groups -OCH3 is 1. The van der Waals surface area contributed by atoms with Gasteiger partial charge in [0.15, 0.2) is 0 Å². The number of anilines is 1. The average Bonchev–Trinajstić information content (AvgIpc) is 2.54. The number of pyridine rings is 1. The summed E-state index contributed by atoms with van der Waals surface area (Å²) in [5.74, 6) is 0.876. The minimum atomic E-state index is 0.0217. The summed E-state index contributed by atoms with van der Waals surface area (Å²) in [7, 11) is 1.68. The third kappa shape index (κ3) is 3.45. The zero-order chi connectivity index (χ0) is 15.2. The summed E-state index contributed by atoms with van der Waals surface area (Å²) in [6.45, 7) is 4.75. The number of aryl methyl sites for hydroxylation is 1. The molecule has 1 N–H and O–H groups in total. The topological polar surface area (TPSA) is 43.3 Å². The number of hydrogen-bond acceptors (Lipinski definition) is 3. The van der Waals surface area contributed by atoms with Crippen LogP contribution >= 0.6 is 0 Å². The zero-order valence-electron chi connectivity index (χ0n) is 12.8. The van der Waals surface area contributed by atoms with E-state index in [1.54, 1.807) is 17.7 Å². The van der Waals surface area contributed by atoms with Gasteiger partial charge in [0.2, 0.25) is 0 Å². The fourth-order valence-corrected chi connectivity index (χ4v) is 2.42. The third-order valence-electron chi connectivity index (χ3n) is 3.59. The quantitative estimate of drug-likeness (QED) is 0.884. The van der Waals surface area contributed by atoms with E-state index < -0.39 is 0 Å². The van der Waals surface area contributed by atoms with Crippen molar-refractivity contribution in [2.75, 3.05) is 12.4 Å². The molecule has 2 aromatic rings. The van der Waals surface area contributed by atoms with Gasteiger partial charge in [-0.05, 0) is 25.5 Å². The maximum absolute atomic E-state index is 11.6. The SMILES string of the molecule is CCC(Nc1ccc(=O)n(CC)c1)c1ccccc1OC. The Balaban J connectivity index is 2.29. The molecule has 21 heavy (non-hydrogen) atoms. The number of benzene rings is 1. The molecule has 2 rings (SSSR count). The number of hydrogen-bond donors (Lipinski definition) is 1. The third-order valence-corrected chi connectivity index (χ3v) is 3.59. The highest BCUT2D eigenvalue weighted by Gasteiger charge is 2.14. The number of ether oxygens (including phenoxy) is 1. The highest BCUT2D eigenvalue weighted by Crippen LogP contribution is 2.29. The monoisotopic (exact) mass is 286 g/mol. The molecule has 0 bridgehead atoms. The first-order valence-electron chi connectivity index (χ1n) is 7.29. The summed E-state index contributed by atoms with van der Waals surface area (Å²) in [4.78, 5) is 11.6. The second-order valence-corrected chi connectivity index (χ2v) is 4.89. The van der Waals surface area contributed by atoms with E-state index in [9.17, 15) is 4.79 Å². The van der Waals surface area contributed by atoms with Gasteiger partial charge >= 0.3 is 0 Å². The largest absolute Gasteiger partial charge is 0.496 e. The summed E-state index contributed by atoms with van der Waals surface area (Å²) in [5.41, 5.74) is 2.08. The fourth-order valence-electron chi connectivity index (χ4n) is 2.42. The van der Waals surface area contributed by atoms with Crippen molar-refractivity contribution < 1.29 is 4.74 Å². The first-order chi connectivity index (χ1) is 10.2. The molecular formula is C17H22N2O2. The molecule has 1 aromatic carbocycles. The number of rotatable bonds is 6. The Bertz CT molecular complexity index is 649. The Labute approximate surface area is 125 Å². The molecule has 0 saturated carbocycles. The van der Waals surface area contributed by atoms with Crippen molar-refractivity contribution in [3.63, 3.8) is 0 Å². The van der Waals surface area contributed by atoms with E-state index >= 15 is 0 Å². The molecule has 0 radical (unpaired) electrons. The van der Waals surface area contributed by atoms with Crippen molar-refractivity contribution in [2.45, 2.75) is 32.9 Å². The molecule has 0 aliphatic heterocycles. The number of para-hydroxylation sites is 1. The van der Waals surface area contributed by atoms with Crippen molar-refractivity contribution in [3.8, 4) is 5.75 Å². The fraction of sp³-hybridized carbons (Fsp3) is 0.353. The lowest BCUT2D eigenvalue weighted by molar-refractivity contribution is 0.406. The van der Waals surface area contributed by atoms with Crippen LogP contribution in [-0.2, 0) is 6.54 Å². The smallest absolute Gasteiger partial charge is 0.250 e. The van der Waals surface area contributed by atoms with Gasteiger partial charge in [0, 0.05) is 24.4 Å². The van der Waals surface area contributed by atoms with E-state index in [2.05, 4.69) is 18.3 Å². The van der Waals surface area contributed by atoms with Gasteiger partial charge in [0.1, 0.15) is 5.75 Å². The maximum Gasteiger partial charge on any atom is 0.250 e. The predicted octanol–water partition coefficient (Wildman–Crippen LogP) is 3.44. The molecule has 0 amide bonds. The molecule has 4 heteroatoms. The highest BCUT2D eigenvalue weighted by molar-refractivity contribution is 5.46. The van der Waals surface area contributed by atoms with Gasteiger partial charge in [0.25, 0.3) is 5.56 Å². The van der Waals surface area contributed by atoms with E-state index in [4.69, 9.17) is 4.74 Å². The Morgan fingerprint density at radius 1 is 1.19 bits per heavy atom. The molecule has 4 nitrogen and oxygen atoms in total. The van der Waals surface area contributed by atoms with E-state index in [1.807, 2.05) is 37.4 Å². The van der Waals surface area contributed by atoms with Crippen LogP contribution < -0.4 is 15.6 Å². The molecule has 112 valence electrons. The molecule has 1 heterocycles. The minimum Gasteiger partial charge on any atom is -0.496 e. The average molecular weight is 286 g/mol. The van der Waals surface area contributed by atoms with Gasteiger partial charge in [0.05, 0.1) is 18.8 Å². The minimum absolute atomic E-state index is 0.0217. The number of nitrogens with one attached hydrogen (secondary N) is 1. The number of nitrogens with zero attached hydrogens (tertiary/aromatic N) is 1. The van der Waals surface area contributed by atoms with Crippen molar-refractivity contribution in [1.82, 2.24) is 4.57 Å². The van der Waals surface area contributed by atoms with E-state index in [0.29, 0.717) is 6.54 Å². The van der Waals surface area contributed by atoms with Crippen LogP contribution in [0.15, 0.2) is 47.4 Å². The molecule has 0 fully saturated rings. The van der Waals surface area contributed by atoms with Crippen LogP contribution in [0.1, 0.15) is 31.9 Å². The van der Waals surface area contributed by atoms with Crippen LogP contribution in [0.5, 0.6) is 5.75 Å². The van der Waals surface area contributed by atoms with Gasteiger partial charge in [-0.1, -0.05) is 25.1 Å². The molecule has 0 aliphatic rings. The maximum atomic E-state index is 11.6. The standard InChI is InChI=1S/C17H22N2O2/c1-4-15(14-8-6-7-9-16(14)21-3)18-13-10-11-17(20)19(5-2)12-13/h6-12,15,18H,4-5H2,1-3H3. The highest BCUT2D eigenvalue weighted by atomic mass is 16.5. The van der Waals surface area contributed by atoms with Crippen molar-refractivity contribution >= 4 is 5.69 Å². The van der Waals surface area contributed by atoms with E-state index in [1.165, 1.54) is 0 Å². The van der Waals surface area contributed by atoms with Crippen LogP contribution in [0.25, 0.3) is 0 Å². The zero-order valence-corrected chi connectivity index (χ0v) is 12.8. The Kier molecular flexibility index (Phi) is 5.04. The van der Waals surface area contributed by atoms with Gasteiger partial charge in [-0.15, -0.1) is 0 Å². The second kappa shape index (κ2) is 6.97. The molecular weight excluding hydrogens is 264 g/mol. The molecule has 1 aromatic heterocycles. The van der Waals surface area contributed by atoms with Crippen LogP contribution in [0.4, 0.5) is 5.69 Å². The lowest BCUT2D eigenvalue weighted by Gasteiger charge is -2.21. The van der Waals surface area contributed by atoms with Crippen molar-refractivity contribution in [3.05, 3.63) is 58.5 Å². The van der Waals surface area contributed by atoms with Gasteiger partial charge in [-0.25, -0.2) is 0 Å². The summed E-state index contributed by atoms with van der Waals surface area (Å²) in [5, 5.41) is 3.48. The summed E-state index contributed by atoms with van der Waals surface area (Å²) >= 11 is 0. The molecule has 1 unspecified atom stereocenters. The van der Waals surface area contributed by atoms with E-state index in [0.717, 1.165) is 23.4 Å². The normalized spacial score (nSPS) is 12.0. The Morgan fingerprint density at radius 3 is 2.62 bits per heavy atom. The predicted molar refractivity (Wildman–Crippen MR) is 86.0 cm³/mol. The molecule has 0 saturated heterocycles. The molecule has 1 atom stereocenters. The van der Waals surface area contributed by atoms with Gasteiger partial charge < -0.3 is 14.6 Å². The van der Waals surface area contributed by atoms with Crippen molar-refractivity contribution in [2.24, 2.45) is 0 Å². The summed E-state index contributed by atoms with van der Waals surface area (Å²) < 4.78 is 7.13. The van der Waals surface area contributed by atoms with Gasteiger partial charge in [-0.2, -0.15) is 0 Å². The van der Waals surface area contributed by atoms with Gasteiger partial charge in [-0.3, -0.25) is 4.79 Å². The second-order valence-electron chi connectivity index (χ2n) is 4.89. The number of aromatic nitrogens is 1. The first kappa shape index (κ1) is 15.2. The molecule has 0 spiro atoms. The van der Waals surface area contributed by atoms with Crippen molar-refractivity contribution in [1.29, 1.82) is 0 Å². The van der Waals surface area contributed by atoms with Crippen LogP contribution in [0.2, 0.25) is 0 Å². The van der Waals surface area contributed by atoms with Crippen LogP contribution in [-0.4, -0.2) is 11.7 Å². The lowest BCUT2D eigenvalue weighted by Crippen LogP contribution is -2.19. The first-order valence-corrected chi connectivity index (χ1v) is 7.29. The van der Waals surface area contributed by atoms with Crippen LogP contribution in [0.3, 0.4) is 0 Å². The lowest BCUT2D eigenvalue weighted by atomic mass is 10.0. The van der Waals surface area contributed by atoms with Crippen LogP contribution in [0, 0.1) is 0 Å². The summed E-state index contributed by atoms with van der Waals surface area (Å²) in [6.07, 6.45) is 2.78. The molecule has 0 aliphatic carbocycles. The Morgan fingerprint density at radius 2 is 1.95 bits per heavy atom. The Hall–Kier alpha value is -2.23.